The van der Waals surface area contributed by atoms with Crippen molar-refractivity contribution in [3.8, 4) is 0 Å². The molecule has 0 aliphatic heterocycles. The summed E-state index contributed by atoms with van der Waals surface area (Å²) < 4.78 is 0. The molecule has 0 aromatic heterocycles. The summed E-state index contributed by atoms with van der Waals surface area (Å²) in [5.41, 5.74) is 1.54. The highest BCUT2D eigenvalue weighted by molar-refractivity contribution is 4.96. The van der Waals surface area contributed by atoms with Gasteiger partial charge in [0.05, 0.1) is 0 Å². The van der Waals surface area contributed by atoms with Gasteiger partial charge in [-0.15, -0.1) is 0 Å². The summed E-state index contributed by atoms with van der Waals surface area (Å²) in [4.78, 5) is 0. The molecule has 0 amide bonds. The van der Waals surface area contributed by atoms with Crippen LogP contribution in [0.15, 0.2) is 11.6 Å². The van der Waals surface area contributed by atoms with Crippen LogP contribution in [-0.4, -0.2) is 0 Å². The Labute approximate surface area is 71.7 Å². The maximum Gasteiger partial charge on any atom is -0.0348 e. The van der Waals surface area contributed by atoms with E-state index >= 15 is 0 Å². The van der Waals surface area contributed by atoms with Gasteiger partial charge in [-0.05, 0) is 26.2 Å². The molecule has 0 saturated carbocycles. The second-order valence-electron chi connectivity index (χ2n) is 3.25. The predicted molar refractivity (Wildman–Crippen MR) is 52.8 cm³/mol. The van der Waals surface area contributed by atoms with Crippen LogP contribution in [0.25, 0.3) is 0 Å². The summed E-state index contributed by atoms with van der Waals surface area (Å²) in [6.45, 7) is 6.70. The second kappa shape index (κ2) is 7.84. The third kappa shape index (κ3) is 7.64. The Morgan fingerprint density at radius 2 is 1.82 bits per heavy atom. The Hall–Kier alpha value is -0.260. The second-order valence-corrected chi connectivity index (χ2v) is 3.25. The number of allylic oxidation sites excluding steroid dienone is 2. The summed E-state index contributed by atoms with van der Waals surface area (Å²) in [5, 5.41) is 0. The number of hydrogen-bond acceptors (Lipinski definition) is 0. The lowest BCUT2D eigenvalue weighted by atomic mass is 10.1. The molecule has 0 aromatic carbocycles. The Balaban J connectivity index is 3.12. The maximum atomic E-state index is 2.38. The van der Waals surface area contributed by atoms with E-state index in [-0.39, 0.29) is 0 Å². The van der Waals surface area contributed by atoms with Gasteiger partial charge in [-0.25, -0.2) is 0 Å². The van der Waals surface area contributed by atoms with Gasteiger partial charge in [0.15, 0.2) is 0 Å². The lowest BCUT2D eigenvalue weighted by Gasteiger charge is -1.96. The molecule has 0 nitrogen and oxygen atoms in total. The first-order chi connectivity index (χ1) is 5.31. The van der Waals surface area contributed by atoms with Crippen LogP contribution >= 0.6 is 0 Å². The fraction of sp³-hybridized carbons (Fsp3) is 0.818. The highest BCUT2D eigenvalue weighted by Gasteiger charge is 1.86. The number of rotatable bonds is 6. The van der Waals surface area contributed by atoms with Crippen LogP contribution in [-0.2, 0) is 0 Å². The van der Waals surface area contributed by atoms with Crippen molar-refractivity contribution in [3.63, 3.8) is 0 Å². The van der Waals surface area contributed by atoms with Crippen molar-refractivity contribution in [2.75, 3.05) is 0 Å². The van der Waals surface area contributed by atoms with Gasteiger partial charge < -0.3 is 0 Å². The van der Waals surface area contributed by atoms with Crippen LogP contribution in [0.3, 0.4) is 0 Å². The SMILES string of the molecule is CCCCCC/C=C(\C)CC. The molecular formula is C11H22. The fourth-order valence-electron chi connectivity index (χ4n) is 1.06. The Bertz CT molecular complexity index is 101. The molecule has 11 heavy (non-hydrogen) atoms. The van der Waals surface area contributed by atoms with Crippen LogP contribution in [0.2, 0.25) is 0 Å². The molecule has 0 rings (SSSR count). The molecule has 0 heteroatoms. The first kappa shape index (κ1) is 10.7. The van der Waals surface area contributed by atoms with E-state index in [0.717, 1.165) is 0 Å². The van der Waals surface area contributed by atoms with Gasteiger partial charge in [0.1, 0.15) is 0 Å². The quantitative estimate of drug-likeness (QED) is 0.395. The lowest BCUT2D eigenvalue weighted by Crippen LogP contribution is -1.76. The van der Waals surface area contributed by atoms with Crippen LogP contribution in [0, 0.1) is 0 Å². The van der Waals surface area contributed by atoms with Gasteiger partial charge in [0, 0.05) is 0 Å². The molecule has 0 aliphatic carbocycles. The molecule has 0 unspecified atom stereocenters. The minimum atomic E-state index is 1.22. The van der Waals surface area contributed by atoms with Crippen molar-refractivity contribution in [1.82, 2.24) is 0 Å². The molecule has 0 radical (unpaired) electrons. The molecule has 0 saturated heterocycles. The van der Waals surface area contributed by atoms with Crippen molar-refractivity contribution in [2.45, 2.75) is 59.3 Å². The van der Waals surface area contributed by atoms with Gasteiger partial charge in [-0.2, -0.15) is 0 Å². The third-order valence-corrected chi connectivity index (χ3v) is 2.11. The monoisotopic (exact) mass is 154 g/mol. The Morgan fingerprint density at radius 1 is 1.09 bits per heavy atom. The third-order valence-electron chi connectivity index (χ3n) is 2.11. The van der Waals surface area contributed by atoms with Gasteiger partial charge in [-0.3, -0.25) is 0 Å². The molecule has 0 N–H and O–H groups in total. The molecule has 0 fully saturated rings. The van der Waals surface area contributed by atoms with Crippen molar-refractivity contribution in [2.24, 2.45) is 0 Å². The highest BCUT2D eigenvalue weighted by atomic mass is 13.9. The van der Waals surface area contributed by atoms with Crippen molar-refractivity contribution in [3.05, 3.63) is 11.6 Å². The van der Waals surface area contributed by atoms with Gasteiger partial charge in [0.2, 0.25) is 0 Å². The van der Waals surface area contributed by atoms with Crippen molar-refractivity contribution >= 4 is 0 Å². The minimum absolute atomic E-state index is 1.22. The Kier molecular flexibility index (Phi) is 7.66. The molecule has 0 aromatic rings. The minimum Gasteiger partial charge on any atom is -0.0856 e. The van der Waals surface area contributed by atoms with E-state index in [1.165, 1.54) is 38.5 Å². The summed E-state index contributed by atoms with van der Waals surface area (Å²) in [6, 6.07) is 0. The number of hydrogen-bond donors (Lipinski definition) is 0. The Morgan fingerprint density at radius 3 is 2.36 bits per heavy atom. The lowest BCUT2D eigenvalue weighted by molar-refractivity contribution is 0.672. The molecule has 0 bridgehead atoms. The average Bonchev–Trinajstić information content (AvgIpc) is 2.04. The molecular weight excluding hydrogens is 132 g/mol. The smallest absolute Gasteiger partial charge is 0.0348 e. The summed E-state index contributed by atoms with van der Waals surface area (Å²) in [7, 11) is 0. The van der Waals surface area contributed by atoms with E-state index in [1.807, 2.05) is 0 Å². The zero-order valence-corrected chi connectivity index (χ0v) is 8.32. The fourth-order valence-corrected chi connectivity index (χ4v) is 1.06. The summed E-state index contributed by atoms with van der Waals surface area (Å²) in [5.74, 6) is 0. The normalized spacial score (nSPS) is 12.1. The topological polar surface area (TPSA) is 0 Å². The van der Waals surface area contributed by atoms with Crippen LogP contribution in [0.4, 0.5) is 0 Å². The van der Waals surface area contributed by atoms with Gasteiger partial charge >= 0.3 is 0 Å². The molecule has 66 valence electrons. The first-order valence-electron chi connectivity index (χ1n) is 4.96. The van der Waals surface area contributed by atoms with E-state index < -0.39 is 0 Å². The van der Waals surface area contributed by atoms with E-state index in [2.05, 4.69) is 26.8 Å². The molecule has 0 heterocycles. The predicted octanol–water partition coefficient (Wildman–Crippen LogP) is 4.31. The van der Waals surface area contributed by atoms with E-state index in [1.54, 1.807) is 5.57 Å². The molecule has 0 spiro atoms. The van der Waals surface area contributed by atoms with Crippen LogP contribution in [0.1, 0.15) is 59.3 Å². The highest BCUT2D eigenvalue weighted by Crippen LogP contribution is 2.06. The van der Waals surface area contributed by atoms with E-state index in [4.69, 9.17) is 0 Å². The summed E-state index contributed by atoms with van der Waals surface area (Å²) >= 11 is 0. The van der Waals surface area contributed by atoms with Gasteiger partial charge in [-0.1, -0.05) is 44.8 Å². The van der Waals surface area contributed by atoms with Crippen LogP contribution in [0.5, 0.6) is 0 Å². The van der Waals surface area contributed by atoms with Crippen molar-refractivity contribution in [1.29, 1.82) is 0 Å². The zero-order valence-electron chi connectivity index (χ0n) is 8.32. The largest absolute Gasteiger partial charge is 0.0856 e. The van der Waals surface area contributed by atoms with Crippen LogP contribution < -0.4 is 0 Å². The molecule has 0 aliphatic rings. The zero-order chi connectivity index (χ0) is 8.53. The maximum absolute atomic E-state index is 2.38. The van der Waals surface area contributed by atoms with E-state index in [9.17, 15) is 0 Å². The number of unbranched alkanes of at least 4 members (excludes halogenated alkanes) is 4. The van der Waals surface area contributed by atoms with Crippen molar-refractivity contribution < 1.29 is 0 Å². The first-order valence-corrected chi connectivity index (χ1v) is 4.96. The average molecular weight is 154 g/mol. The van der Waals surface area contributed by atoms with Gasteiger partial charge in [0.25, 0.3) is 0 Å². The van der Waals surface area contributed by atoms with E-state index in [0.29, 0.717) is 0 Å². The summed E-state index contributed by atoms with van der Waals surface area (Å²) in [6.07, 6.45) is 10.4. The standard InChI is InChI=1S/C11H22/c1-4-6-7-8-9-10-11(3)5-2/h10H,4-9H2,1-3H3/b11-10+. The molecule has 0 atom stereocenters.